The summed E-state index contributed by atoms with van der Waals surface area (Å²) in [6.07, 6.45) is 7.91. The molecule has 21 heavy (non-hydrogen) atoms. The molecule has 2 aliphatic rings. The highest BCUT2D eigenvalue weighted by atomic mass is 32.2. The second-order valence-corrected chi connectivity index (χ2v) is 9.52. The van der Waals surface area contributed by atoms with E-state index in [1.54, 1.807) is 0 Å². The minimum absolute atomic E-state index is 0.109. The molecule has 0 unspecified atom stereocenters. The fraction of sp³-hybridized carbons (Fsp3) is 0.800. The van der Waals surface area contributed by atoms with Gasteiger partial charge in [0.05, 0.1) is 29.5 Å². The molecule has 2 heterocycles. The molecule has 118 valence electrons. The van der Waals surface area contributed by atoms with Crippen LogP contribution in [0, 0.1) is 5.92 Å². The Bertz CT molecular complexity index is 550. The van der Waals surface area contributed by atoms with Gasteiger partial charge in [-0.3, -0.25) is 0 Å². The van der Waals surface area contributed by atoms with Crippen LogP contribution in [0.5, 0.6) is 0 Å². The van der Waals surface area contributed by atoms with Gasteiger partial charge in [0, 0.05) is 6.42 Å². The van der Waals surface area contributed by atoms with Gasteiger partial charge in [-0.1, -0.05) is 32.1 Å². The number of thiazole rings is 1. The summed E-state index contributed by atoms with van der Waals surface area (Å²) in [4.78, 5) is 5.60. The minimum atomic E-state index is -3.03. The van der Waals surface area contributed by atoms with Crippen molar-refractivity contribution in [2.45, 2.75) is 57.3 Å². The number of ether oxygens (including phenoxy) is 1. The van der Waals surface area contributed by atoms with Crippen LogP contribution < -0.4 is 0 Å². The summed E-state index contributed by atoms with van der Waals surface area (Å²) in [6.45, 7) is 1.29. The first-order valence-electron chi connectivity index (χ1n) is 7.88. The second-order valence-electron chi connectivity index (χ2n) is 6.16. The molecule has 0 saturated heterocycles. The molecule has 6 heteroatoms. The van der Waals surface area contributed by atoms with Crippen molar-refractivity contribution in [1.29, 1.82) is 0 Å². The van der Waals surface area contributed by atoms with Crippen molar-refractivity contribution in [3.63, 3.8) is 0 Å². The highest BCUT2D eigenvalue weighted by Gasteiger charge is 2.22. The van der Waals surface area contributed by atoms with Gasteiger partial charge in [-0.25, -0.2) is 13.4 Å². The maximum atomic E-state index is 12.3. The summed E-state index contributed by atoms with van der Waals surface area (Å²) in [6, 6.07) is 0. The van der Waals surface area contributed by atoms with E-state index in [9.17, 15) is 8.42 Å². The van der Waals surface area contributed by atoms with Crippen molar-refractivity contribution in [3.05, 3.63) is 15.6 Å². The van der Waals surface area contributed by atoms with E-state index >= 15 is 0 Å². The molecule has 0 bridgehead atoms. The Balaban J connectivity index is 1.56. The van der Waals surface area contributed by atoms with Crippen molar-refractivity contribution in [2.24, 2.45) is 5.92 Å². The Morgan fingerprint density at radius 3 is 2.81 bits per heavy atom. The number of hydrogen-bond donors (Lipinski definition) is 0. The van der Waals surface area contributed by atoms with Crippen LogP contribution >= 0.6 is 11.3 Å². The van der Waals surface area contributed by atoms with Gasteiger partial charge in [0.25, 0.3) is 0 Å². The molecule has 0 spiro atoms. The Hall–Kier alpha value is -0.460. The van der Waals surface area contributed by atoms with E-state index in [1.807, 2.05) is 0 Å². The molecule has 1 aromatic heterocycles. The van der Waals surface area contributed by atoms with Crippen LogP contribution in [-0.4, -0.2) is 25.8 Å². The first-order chi connectivity index (χ1) is 10.1. The molecular formula is C15H23NO3S2. The molecule has 4 nitrogen and oxygen atoms in total. The summed E-state index contributed by atoms with van der Waals surface area (Å²) in [5.74, 6) is 1.04. The molecule has 1 aliphatic heterocycles. The summed E-state index contributed by atoms with van der Waals surface area (Å²) >= 11 is 1.51. The van der Waals surface area contributed by atoms with E-state index < -0.39 is 9.84 Å². The Morgan fingerprint density at radius 2 is 2.05 bits per heavy atom. The smallest absolute Gasteiger partial charge is 0.156 e. The van der Waals surface area contributed by atoms with Gasteiger partial charge in [0.1, 0.15) is 10.8 Å². The van der Waals surface area contributed by atoms with E-state index in [0.29, 0.717) is 24.9 Å². The van der Waals surface area contributed by atoms with E-state index in [1.165, 1.54) is 43.4 Å². The number of fused-ring (bicyclic) bond motifs is 1. The molecule has 1 aromatic rings. The maximum Gasteiger partial charge on any atom is 0.156 e. The zero-order valence-corrected chi connectivity index (χ0v) is 14.0. The second kappa shape index (κ2) is 6.75. The summed E-state index contributed by atoms with van der Waals surface area (Å²) in [5.41, 5.74) is 1.05. The molecular weight excluding hydrogens is 306 g/mol. The minimum Gasteiger partial charge on any atom is -0.375 e. The average Bonchev–Trinajstić information content (AvgIpc) is 2.87. The third-order valence-corrected chi connectivity index (χ3v) is 7.27. The SMILES string of the molecule is O=S(=O)(CCC1CCCCC1)Cc1nc2c(s1)COCC2. The predicted molar refractivity (Wildman–Crippen MR) is 84.2 cm³/mol. The molecule has 1 aliphatic carbocycles. The zero-order chi connectivity index (χ0) is 14.7. The van der Waals surface area contributed by atoms with Crippen LogP contribution in [0.2, 0.25) is 0 Å². The highest BCUT2D eigenvalue weighted by molar-refractivity contribution is 7.90. The predicted octanol–water partition coefficient (Wildman–Crippen LogP) is 3.10. The summed E-state index contributed by atoms with van der Waals surface area (Å²) in [7, 11) is -3.03. The molecule has 1 saturated carbocycles. The van der Waals surface area contributed by atoms with Gasteiger partial charge in [-0.2, -0.15) is 0 Å². The number of sulfone groups is 1. The Kier molecular flexibility index (Phi) is 4.96. The highest BCUT2D eigenvalue weighted by Crippen LogP contribution is 2.28. The lowest BCUT2D eigenvalue weighted by molar-refractivity contribution is 0.112. The van der Waals surface area contributed by atoms with Crippen LogP contribution in [0.3, 0.4) is 0 Å². The number of hydrogen-bond acceptors (Lipinski definition) is 5. The topological polar surface area (TPSA) is 56.3 Å². The van der Waals surface area contributed by atoms with Crippen molar-refractivity contribution < 1.29 is 13.2 Å². The van der Waals surface area contributed by atoms with Gasteiger partial charge in [-0.05, 0) is 12.3 Å². The fourth-order valence-corrected chi connectivity index (χ4v) is 6.12. The van der Waals surface area contributed by atoms with Crippen LogP contribution in [0.15, 0.2) is 0 Å². The lowest BCUT2D eigenvalue weighted by Gasteiger charge is -2.21. The molecule has 0 atom stereocenters. The molecule has 0 radical (unpaired) electrons. The molecule has 0 amide bonds. The lowest BCUT2D eigenvalue weighted by atomic mass is 9.88. The third kappa shape index (κ3) is 4.27. The van der Waals surface area contributed by atoms with Gasteiger partial charge >= 0.3 is 0 Å². The van der Waals surface area contributed by atoms with Crippen LogP contribution in [0.1, 0.15) is 54.1 Å². The number of aromatic nitrogens is 1. The maximum absolute atomic E-state index is 12.3. The van der Waals surface area contributed by atoms with Gasteiger partial charge in [0.2, 0.25) is 0 Å². The average molecular weight is 329 g/mol. The van der Waals surface area contributed by atoms with Crippen molar-refractivity contribution in [3.8, 4) is 0 Å². The monoisotopic (exact) mass is 329 g/mol. The third-order valence-electron chi connectivity index (χ3n) is 4.44. The number of rotatable bonds is 5. The molecule has 1 fully saturated rings. The zero-order valence-electron chi connectivity index (χ0n) is 12.3. The fourth-order valence-electron chi connectivity index (χ4n) is 3.22. The van der Waals surface area contributed by atoms with Crippen LogP contribution in [-0.2, 0) is 33.4 Å². The summed E-state index contributed by atoms with van der Waals surface area (Å²) < 4.78 is 30.0. The van der Waals surface area contributed by atoms with E-state index in [-0.39, 0.29) is 5.75 Å². The molecule has 0 N–H and O–H groups in total. The Morgan fingerprint density at radius 1 is 1.24 bits per heavy atom. The van der Waals surface area contributed by atoms with E-state index in [0.717, 1.165) is 28.4 Å². The largest absolute Gasteiger partial charge is 0.375 e. The van der Waals surface area contributed by atoms with Crippen LogP contribution in [0.4, 0.5) is 0 Å². The first-order valence-corrected chi connectivity index (χ1v) is 10.5. The van der Waals surface area contributed by atoms with Gasteiger partial charge < -0.3 is 4.74 Å². The quantitative estimate of drug-likeness (QED) is 0.833. The van der Waals surface area contributed by atoms with Gasteiger partial charge in [0.15, 0.2) is 9.84 Å². The van der Waals surface area contributed by atoms with Gasteiger partial charge in [-0.15, -0.1) is 11.3 Å². The lowest BCUT2D eigenvalue weighted by Crippen LogP contribution is -2.15. The van der Waals surface area contributed by atoms with E-state index in [2.05, 4.69) is 4.98 Å². The van der Waals surface area contributed by atoms with Crippen LogP contribution in [0.25, 0.3) is 0 Å². The van der Waals surface area contributed by atoms with Crippen molar-refractivity contribution in [2.75, 3.05) is 12.4 Å². The molecule has 3 rings (SSSR count). The van der Waals surface area contributed by atoms with E-state index in [4.69, 9.17) is 4.74 Å². The standard InChI is InChI=1S/C15H23NO3S2/c17-21(18,9-7-12-4-2-1-3-5-12)11-15-16-13-6-8-19-10-14(13)20-15/h12H,1-11H2. The van der Waals surface area contributed by atoms with Crippen molar-refractivity contribution >= 4 is 21.2 Å². The van der Waals surface area contributed by atoms with Crippen molar-refractivity contribution in [1.82, 2.24) is 4.98 Å². The first kappa shape index (κ1) is 15.4. The molecule has 0 aromatic carbocycles. The summed E-state index contributed by atoms with van der Waals surface area (Å²) in [5, 5.41) is 0.745. The number of nitrogens with zero attached hydrogens (tertiary/aromatic N) is 1. The normalized spacial score (nSPS) is 20.4. The Labute approximate surface area is 130 Å².